The Balaban J connectivity index is 2.27. The summed E-state index contributed by atoms with van der Waals surface area (Å²) in [5, 5.41) is 9.89. The van der Waals surface area contributed by atoms with E-state index in [1.165, 1.54) is 28.8 Å². The van der Waals surface area contributed by atoms with E-state index >= 15 is 0 Å². The topological polar surface area (TPSA) is 59.3 Å². The largest absolute Gasteiger partial charge is 0.478 e. The van der Waals surface area contributed by atoms with Gasteiger partial charge >= 0.3 is 5.97 Å². The Bertz CT molecular complexity index is 894. The van der Waals surface area contributed by atoms with Crippen LogP contribution in [0.2, 0.25) is 0 Å². The van der Waals surface area contributed by atoms with Gasteiger partial charge in [0.1, 0.15) is 5.82 Å². The molecule has 3 aromatic rings. The average Bonchev–Trinajstić information content (AvgIpc) is 2.79. The minimum Gasteiger partial charge on any atom is -0.478 e. The summed E-state index contributed by atoms with van der Waals surface area (Å²) in [6.45, 7) is 1.59. The van der Waals surface area contributed by atoms with E-state index in [-0.39, 0.29) is 11.5 Å². The SMILES string of the molecule is Cc1c(C(=O)O)c2ccccc2n1C(=O)c1ccc(F)cc1. The lowest BCUT2D eigenvalue weighted by Gasteiger charge is -2.07. The normalized spacial score (nSPS) is 10.8. The zero-order valence-electron chi connectivity index (χ0n) is 11.7. The van der Waals surface area contributed by atoms with Gasteiger partial charge in [-0.25, -0.2) is 9.18 Å². The van der Waals surface area contributed by atoms with Crippen LogP contribution in [0.15, 0.2) is 48.5 Å². The van der Waals surface area contributed by atoms with Crippen LogP contribution in [0, 0.1) is 12.7 Å². The van der Waals surface area contributed by atoms with Crippen molar-refractivity contribution in [3.63, 3.8) is 0 Å². The molecule has 0 spiro atoms. The van der Waals surface area contributed by atoms with E-state index in [2.05, 4.69) is 0 Å². The second-order valence-corrected chi connectivity index (χ2v) is 4.93. The highest BCUT2D eigenvalue weighted by molar-refractivity contribution is 6.11. The molecule has 4 nitrogen and oxygen atoms in total. The van der Waals surface area contributed by atoms with Crippen molar-refractivity contribution in [1.82, 2.24) is 4.57 Å². The molecule has 0 atom stereocenters. The predicted molar refractivity (Wildman–Crippen MR) is 79.8 cm³/mol. The van der Waals surface area contributed by atoms with Crippen LogP contribution in [0.4, 0.5) is 4.39 Å². The van der Waals surface area contributed by atoms with Gasteiger partial charge < -0.3 is 5.11 Å². The highest BCUT2D eigenvalue weighted by Crippen LogP contribution is 2.26. The highest BCUT2D eigenvalue weighted by atomic mass is 19.1. The van der Waals surface area contributed by atoms with Gasteiger partial charge in [0.2, 0.25) is 0 Å². The Morgan fingerprint density at radius 2 is 1.68 bits per heavy atom. The summed E-state index contributed by atoms with van der Waals surface area (Å²) < 4.78 is 14.4. The molecule has 0 aliphatic rings. The van der Waals surface area contributed by atoms with Crippen molar-refractivity contribution in [1.29, 1.82) is 0 Å². The fourth-order valence-electron chi connectivity index (χ4n) is 2.62. The minimum absolute atomic E-state index is 0.103. The summed E-state index contributed by atoms with van der Waals surface area (Å²) in [5.74, 6) is -1.91. The number of carboxylic acids is 1. The highest BCUT2D eigenvalue weighted by Gasteiger charge is 2.23. The summed E-state index contributed by atoms with van der Waals surface area (Å²) >= 11 is 0. The zero-order valence-corrected chi connectivity index (χ0v) is 11.7. The molecule has 1 heterocycles. The lowest BCUT2D eigenvalue weighted by Crippen LogP contribution is -2.14. The maximum absolute atomic E-state index is 13.0. The van der Waals surface area contributed by atoms with Crippen molar-refractivity contribution in [2.45, 2.75) is 6.92 Å². The summed E-state index contributed by atoms with van der Waals surface area (Å²) in [4.78, 5) is 24.2. The number of fused-ring (bicyclic) bond motifs is 1. The Labute approximate surface area is 125 Å². The Hall–Kier alpha value is -2.95. The van der Waals surface area contributed by atoms with Crippen LogP contribution in [-0.2, 0) is 0 Å². The number of hydrogen-bond acceptors (Lipinski definition) is 2. The first-order valence-electron chi connectivity index (χ1n) is 6.64. The van der Waals surface area contributed by atoms with E-state index in [4.69, 9.17) is 0 Å². The van der Waals surface area contributed by atoms with Crippen LogP contribution in [0.5, 0.6) is 0 Å². The van der Waals surface area contributed by atoms with Crippen LogP contribution in [0.25, 0.3) is 10.9 Å². The molecule has 110 valence electrons. The van der Waals surface area contributed by atoms with Gasteiger partial charge in [0.05, 0.1) is 11.1 Å². The van der Waals surface area contributed by atoms with Crippen LogP contribution < -0.4 is 0 Å². The van der Waals surface area contributed by atoms with Crippen molar-refractivity contribution < 1.29 is 19.1 Å². The smallest absolute Gasteiger partial charge is 0.338 e. The zero-order chi connectivity index (χ0) is 15.9. The van der Waals surface area contributed by atoms with Crippen LogP contribution in [0.1, 0.15) is 26.4 Å². The van der Waals surface area contributed by atoms with Gasteiger partial charge in [0.25, 0.3) is 5.91 Å². The summed E-state index contributed by atoms with van der Waals surface area (Å²) in [6.07, 6.45) is 0. The first-order valence-corrected chi connectivity index (χ1v) is 6.64. The summed E-state index contributed by atoms with van der Waals surface area (Å²) in [5.41, 5.74) is 1.27. The van der Waals surface area contributed by atoms with E-state index in [1.807, 2.05) is 0 Å². The van der Waals surface area contributed by atoms with Crippen LogP contribution >= 0.6 is 0 Å². The molecular weight excluding hydrogens is 285 g/mol. The minimum atomic E-state index is -1.08. The average molecular weight is 297 g/mol. The molecule has 0 saturated heterocycles. The van der Waals surface area contributed by atoms with Gasteiger partial charge in [-0.15, -0.1) is 0 Å². The van der Waals surface area contributed by atoms with E-state index in [9.17, 15) is 19.1 Å². The number of aromatic carboxylic acids is 1. The van der Waals surface area contributed by atoms with E-state index in [0.717, 1.165) is 0 Å². The number of aromatic nitrogens is 1. The third-order valence-corrected chi connectivity index (χ3v) is 3.62. The fraction of sp³-hybridized carbons (Fsp3) is 0.0588. The number of carbonyl (C=O) groups excluding carboxylic acids is 1. The number of carbonyl (C=O) groups is 2. The fourth-order valence-corrected chi connectivity index (χ4v) is 2.62. The number of benzene rings is 2. The van der Waals surface area contributed by atoms with E-state index < -0.39 is 11.8 Å². The molecule has 0 fully saturated rings. The molecule has 0 aliphatic heterocycles. The number of nitrogens with zero attached hydrogens (tertiary/aromatic N) is 1. The van der Waals surface area contributed by atoms with Crippen molar-refractivity contribution in [3.8, 4) is 0 Å². The van der Waals surface area contributed by atoms with Crippen molar-refractivity contribution in [3.05, 3.63) is 71.2 Å². The maximum Gasteiger partial charge on any atom is 0.338 e. The first kappa shape index (κ1) is 14.0. The number of rotatable bonds is 2. The quantitative estimate of drug-likeness (QED) is 0.788. The molecule has 0 bridgehead atoms. The number of carboxylic acid groups (broad SMARTS) is 1. The Morgan fingerprint density at radius 3 is 2.32 bits per heavy atom. The van der Waals surface area contributed by atoms with Gasteiger partial charge in [-0.2, -0.15) is 0 Å². The molecule has 0 amide bonds. The molecule has 0 saturated carbocycles. The Kier molecular flexibility index (Phi) is 3.25. The molecule has 0 radical (unpaired) electrons. The number of hydrogen-bond donors (Lipinski definition) is 1. The molecule has 1 aromatic heterocycles. The Morgan fingerprint density at radius 1 is 1.05 bits per heavy atom. The standard InChI is InChI=1S/C17H12FNO3/c1-10-15(17(21)22)13-4-2-3-5-14(13)19(10)16(20)11-6-8-12(18)9-7-11/h2-9H,1H3,(H,21,22). The van der Waals surface area contributed by atoms with Gasteiger partial charge in [-0.3, -0.25) is 9.36 Å². The molecule has 22 heavy (non-hydrogen) atoms. The van der Waals surface area contributed by atoms with Gasteiger partial charge in [0, 0.05) is 16.6 Å². The van der Waals surface area contributed by atoms with Crippen molar-refractivity contribution in [2.24, 2.45) is 0 Å². The van der Waals surface area contributed by atoms with Gasteiger partial charge in [-0.05, 0) is 37.3 Å². The van der Waals surface area contributed by atoms with Crippen LogP contribution in [-0.4, -0.2) is 21.6 Å². The second-order valence-electron chi connectivity index (χ2n) is 4.93. The monoisotopic (exact) mass is 297 g/mol. The lowest BCUT2D eigenvalue weighted by atomic mass is 10.1. The molecule has 0 unspecified atom stereocenters. The second kappa shape index (κ2) is 5.11. The number of halogens is 1. The summed E-state index contributed by atoms with van der Waals surface area (Å²) in [6, 6.07) is 12.0. The molecule has 2 aromatic carbocycles. The van der Waals surface area contributed by atoms with Crippen LogP contribution in [0.3, 0.4) is 0 Å². The van der Waals surface area contributed by atoms with Gasteiger partial charge in [0.15, 0.2) is 0 Å². The molecular formula is C17H12FNO3. The van der Waals surface area contributed by atoms with Crippen molar-refractivity contribution >= 4 is 22.8 Å². The van der Waals surface area contributed by atoms with E-state index in [0.29, 0.717) is 22.2 Å². The van der Waals surface area contributed by atoms with E-state index in [1.54, 1.807) is 31.2 Å². The van der Waals surface area contributed by atoms with Crippen molar-refractivity contribution in [2.75, 3.05) is 0 Å². The lowest BCUT2D eigenvalue weighted by molar-refractivity contribution is 0.0698. The summed E-state index contributed by atoms with van der Waals surface area (Å²) in [7, 11) is 0. The van der Waals surface area contributed by atoms with Gasteiger partial charge in [-0.1, -0.05) is 18.2 Å². The predicted octanol–water partition coefficient (Wildman–Crippen LogP) is 3.48. The maximum atomic E-state index is 13.0. The first-order chi connectivity index (χ1) is 10.5. The third-order valence-electron chi connectivity index (χ3n) is 3.62. The third kappa shape index (κ3) is 2.07. The number of para-hydroxylation sites is 1. The molecule has 1 N–H and O–H groups in total. The molecule has 3 rings (SSSR count). The molecule has 0 aliphatic carbocycles. The molecule has 5 heteroatoms.